The van der Waals surface area contributed by atoms with Crippen LogP contribution in [0.5, 0.6) is 0 Å². The van der Waals surface area contributed by atoms with Crippen molar-refractivity contribution >= 4 is 17.6 Å². The molecule has 5 nitrogen and oxygen atoms in total. The Kier molecular flexibility index (Phi) is 6.50. The number of amides is 3. The standard InChI is InChI=1S/C18H24F3N3O2/c1-12(2)11-16(25)24-9-7-13(8-10-24)22-17(26)23-15-6-4-3-5-14(15)18(19,20)21/h3-6,12-13H,7-11H2,1-2H3,(H2,22,23,26). The quantitative estimate of drug-likeness (QED) is 0.844. The number of hydrogen-bond donors (Lipinski definition) is 2. The van der Waals surface area contributed by atoms with Crippen LogP contribution in [0.25, 0.3) is 0 Å². The molecule has 2 rings (SSSR count). The summed E-state index contributed by atoms with van der Waals surface area (Å²) in [5.74, 6) is 0.389. The van der Waals surface area contributed by atoms with Gasteiger partial charge in [-0.15, -0.1) is 0 Å². The summed E-state index contributed by atoms with van der Waals surface area (Å²) >= 11 is 0. The largest absolute Gasteiger partial charge is 0.418 e. The van der Waals surface area contributed by atoms with E-state index in [1.54, 1.807) is 4.90 Å². The minimum Gasteiger partial charge on any atom is -0.343 e. The van der Waals surface area contributed by atoms with Gasteiger partial charge in [0, 0.05) is 25.6 Å². The number of piperidine rings is 1. The number of alkyl halides is 3. The zero-order valence-corrected chi connectivity index (χ0v) is 14.9. The number of carbonyl (C=O) groups excluding carboxylic acids is 2. The average molecular weight is 371 g/mol. The molecule has 0 saturated carbocycles. The summed E-state index contributed by atoms with van der Waals surface area (Å²) in [4.78, 5) is 25.9. The fraction of sp³-hybridized carbons (Fsp3) is 0.556. The van der Waals surface area contributed by atoms with E-state index >= 15 is 0 Å². The van der Waals surface area contributed by atoms with Crippen LogP contribution in [0.3, 0.4) is 0 Å². The predicted octanol–water partition coefficient (Wildman–Crippen LogP) is 3.86. The molecule has 8 heteroatoms. The van der Waals surface area contributed by atoms with E-state index in [1.165, 1.54) is 18.2 Å². The molecule has 0 aliphatic carbocycles. The summed E-state index contributed by atoms with van der Waals surface area (Å²) in [6, 6.07) is 4.01. The molecule has 0 spiro atoms. The minimum atomic E-state index is -4.54. The molecule has 3 amide bonds. The Bertz CT molecular complexity index is 639. The Hall–Kier alpha value is -2.25. The monoisotopic (exact) mass is 371 g/mol. The highest BCUT2D eigenvalue weighted by molar-refractivity contribution is 5.90. The second-order valence-electron chi connectivity index (χ2n) is 6.89. The van der Waals surface area contributed by atoms with E-state index in [-0.39, 0.29) is 23.6 Å². The van der Waals surface area contributed by atoms with Crippen molar-refractivity contribution in [2.24, 2.45) is 5.92 Å². The van der Waals surface area contributed by atoms with Gasteiger partial charge < -0.3 is 15.5 Å². The lowest BCUT2D eigenvalue weighted by atomic mass is 10.0. The molecule has 26 heavy (non-hydrogen) atoms. The lowest BCUT2D eigenvalue weighted by Crippen LogP contribution is -2.47. The summed E-state index contributed by atoms with van der Waals surface area (Å²) in [7, 11) is 0. The van der Waals surface area contributed by atoms with Gasteiger partial charge in [-0.1, -0.05) is 26.0 Å². The third-order valence-electron chi connectivity index (χ3n) is 4.25. The van der Waals surface area contributed by atoms with Crippen LogP contribution in [0.1, 0.15) is 38.7 Å². The number of likely N-dealkylation sites (tertiary alicyclic amines) is 1. The van der Waals surface area contributed by atoms with Crippen LogP contribution in [0.15, 0.2) is 24.3 Å². The van der Waals surface area contributed by atoms with E-state index in [0.29, 0.717) is 32.4 Å². The maximum Gasteiger partial charge on any atom is 0.418 e. The third-order valence-corrected chi connectivity index (χ3v) is 4.25. The fourth-order valence-corrected chi connectivity index (χ4v) is 2.93. The highest BCUT2D eigenvalue weighted by atomic mass is 19.4. The van der Waals surface area contributed by atoms with Crippen molar-refractivity contribution in [1.82, 2.24) is 10.2 Å². The number of carbonyl (C=O) groups is 2. The van der Waals surface area contributed by atoms with E-state index in [1.807, 2.05) is 13.8 Å². The van der Waals surface area contributed by atoms with Gasteiger partial charge in [0.05, 0.1) is 11.3 Å². The van der Waals surface area contributed by atoms with E-state index in [0.717, 1.165) is 6.07 Å². The molecular formula is C18H24F3N3O2. The van der Waals surface area contributed by atoms with Gasteiger partial charge in [-0.05, 0) is 30.9 Å². The van der Waals surface area contributed by atoms with Crippen molar-refractivity contribution in [3.05, 3.63) is 29.8 Å². The molecule has 1 aromatic rings. The number of rotatable bonds is 4. The number of halogens is 3. The Morgan fingerprint density at radius 3 is 2.38 bits per heavy atom. The molecule has 0 aromatic heterocycles. The lowest BCUT2D eigenvalue weighted by Gasteiger charge is -2.33. The van der Waals surface area contributed by atoms with Gasteiger partial charge in [0.2, 0.25) is 5.91 Å². The normalized spacial score (nSPS) is 15.8. The van der Waals surface area contributed by atoms with Crippen molar-refractivity contribution in [2.45, 2.75) is 45.3 Å². The van der Waals surface area contributed by atoms with Crippen LogP contribution in [0, 0.1) is 5.92 Å². The zero-order valence-electron chi connectivity index (χ0n) is 14.9. The van der Waals surface area contributed by atoms with Gasteiger partial charge in [0.25, 0.3) is 0 Å². The number of benzene rings is 1. The van der Waals surface area contributed by atoms with Gasteiger partial charge in [-0.3, -0.25) is 4.79 Å². The second-order valence-corrected chi connectivity index (χ2v) is 6.89. The van der Waals surface area contributed by atoms with E-state index in [9.17, 15) is 22.8 Å². The highest BCUT2D eigenvalue weighted by Crippen LogP contribution is 2.34. The Morgan fingerprint density at radius 2 is 1.81 bits per heavy atom. The fourth-order valence-electron chi connectivity index (χ4n) is 2.93. The molecule has 1 aliphatic heterocycles. The molecule has 1 fully saturated rings. The predicted molar refractivity (Wildman–Crippen MR) is 92.7 cm³/mol. The van der Waals surface area contributed by atoms with Gasteiger partial charge in [-0.2, -0.15) is 13.2 Å². The van der Waals surface area contributed by atoms with E-state index in [4.69, 9.17) is 0 Å². The topological polar surface area (TPSA) is 61.4 Å². The number of urea groups is 1. The number of para-hydroxylation sites is 1. The molecule has 1 aromatic carbocycles. The number of nitrogens with zero attached hydrogens (tertiary/aromatic N) is 1. The summed E-state index contributed by atoms with van der Waals surface area (Å²) < 4.78 is 38.9. The van der Waals surface area contributed by atoms with Crippen LogP contribution < -0.4 is 10.6 Å². The SMILES string of the molecule is CC(C)CC(=O)N1CCC(NC(=O)Nc2ccccc2C(F)(F)F)CC1. The van der Waals surface area contributed by atoms with Crippen LogP contribution in [-0.4, -0.2) is 36.0 Å². The van der Waals surface area contributed by atoms with E-state index < -0.39 is 17.8 Å². The van der Waals surface area contributed by atoms with Crippen LogP contribution in [0.4, 0.5) is 23.7 Å². The number of nitrogens with one attached hydrogen (secondary N) is 2. The van der Waals surface area contributed by atoms with Crippen molar-refractivity contribution in [1.29, 1.82) is 0 Å². The summed E-state index contributed by atoms with van der Waals surface area (Å²) in [5.41, 5.74) is -1.16. The van der Waals surface area contributed by atoms with Crippen LogP contribution >= 0.6 is 0 Å². The molecular weight excluding hydrogens is 347 g/mol. The Labute approximate surface area is 150 Å². The first-order valence-corrected chi connectivity index (χ1v) is 8.68. The molecule has 0 bridgehead atoms. The van der Waals surface area contributed by atoms with Crippen molar-refractivity contribution in [3.63, 3.8) is 0 Å². The molecule has 1 saturated heterocycles. The van der Waals surface area contributed by atoms with Crippen LogP contribution in [0.2, 0.25) is 0 Å². The number of hydrogen-bond acceptors (Lipinski definition) is 2. The molecule has 144 valence electrons. The first-order valence-electron chi connectivity index (χ1n) is 8.68. The Morgan fingerprint density at radius 1 is 1.19 bits per heavy atom. The maximum absolute atomic E-state index is 13.0. The Balaban J connectivity index is 1.86. The van der Waals surface area contributed by atoms with Gasteiger partial charge >= 0.3 is 12.2 Å². The average Bonchev–Trinajstić information content (AvgIpc) is 2.54. The second kappa shape index (κ2) is 8.42. The molecule has 0 atom stereocenters. The third kappa shape index (κ3) is 5.64. The van der Waals surface area contributed by atoms with Gasteiger partial charge in [0.1, 0.15) is 0 Å². The zero-order chi connectivity index (χ0) is 19.3. The van der Waals surface area contributed by atoms with E-state index in [2.05, 4.69) is 10.6 Å². The smallest absolute Gasteiger partial charge is 0.343 e. The van der Waals surface area contributed by atoms with Crippen molar-refractivity contribution < 1.29 is 22.8 Å². The molecule has 0 radical (unpaired) electrons. The van der Waals surface area contributed by atoms with Crippen molar-refractivity contribution in [3.8, 4) is 0 Å². The highest BCUT2D eigenvalue weighted by Gasteiger charge is 2.33. The van der Waals surface area contributed by atoms with Crippen molar-refractivity contribution in [2.75, 3.05) is 18.4 Å². The minimum absolute atomic E-state index is 0.0991. The summed E-state index contributed by atoms with van der Waals surface area (Å²) in [5, 5.41) is 4.96. The molecule has 0 unspecified atom stereocenters. The molecule has 1 heterocycles. The number of anilines is 1. The first kappa shape index (κ1) is 20.1. The van der Waals surface area contributed by atoms with Crippen LogP contribution in [-0.2, 0) is 11.0 Å². The maximum atomic E-state index is 13.0. The first-order chi connectivity index (χ1) is 12.2. The van der Waals surface area contributed by atoms with Gasteiger partial charge in [0.15, 0.2) is 0 Å². The van der Waals surface area contributed by atoms with Gasteiger partial charge in [-0.25, -0.2) is 4.79 Å². The summed E-state index contributed by atoms with van der Waals surface area (Å²) in [6.07, 6.45) is -2.88. The molecule has 2 N–H and O–H groups in total. The summed E-state index contributed by atoms with van der Waals surface area (Å²) in [6.45, 7) is 5.04. The molecule has 1 aliphatic rings. The lowest BCUT2D eigenvalue weighted by molar-refractivity contribution is -0.137.